The van der Waals surface area contributed by atoms with Crippen LogP contribution >= 0.6 is 0 Å². The fourth-order valence-electron chi connectivity index (χ4n) is 4.87. The second-order valence-electron chi connectivity index (χ2n) is 9.27. The molecule has 14 heteroatoms. The summed E-state index contributed by atoms with van der Waals surface area (Å²) >= 11 is 0. The standard InChI is InChI=1S/C23H24F4N8O2/c1-36-21-20-15(13-2-3-18-19(8-13)35(32-30-18)12-23(25,26)27)4-7-34(20)31-22(29-21)28-17-5-6-33(9-16(17)24)14-10-37-11-14/h2-4,7-8,14,16-17H,5-6,9-12H2,1H3,(H,28,31)/t16-,17+/m1/s1. The van der Waals surface area contributed by atoms with Gasteiger partial charge in [0.05, 0.1) is 37.9 Å². The van der Waals surface area contributed by atoms with E-state index in [0.29, 0.717) is 48.3 Å². The third-order valence-electron chi connectivity index (χ3n) is 6.85. The Labute approximate surface area is 208 Å². The van der Waals surface area contributed by atoms with Crippen molar-refractivity contribution in [2.75, 3.05) is 38.7 Å². The number of hydrogen-bond donors (Lipinski definition) is 1. The zero-order valence-electron chi connectivity index (χ0n) is 19.8. The van der Waals surface area contributed by atoms with E-state index >= 15 is 0 Å². The molecule has 0 spiro atoms. The Bertz CT molecular complexity index is 1430. The van der Waals surface area contributed by atoms with Gasteiger partial charge in [0.2, 0.25) is 11.8 Å². The predicted molar refractivity (Wildman–Crippen MR) is 125 cm³/mol. The van der Waals surface area contributed by atoms with Gasteiger partial charge in [-0.2, -0.15) is 18.2 Å². The lowest BCUT2D eigenvalue weighted by Crippen LogP contribution is -2.57. The van der Waals surface area contributed by atoms with Gasteiger partial charge in [-0.1, -0.05) is 11.3 Å². The molecule has 0 bridgehead atoms. The van der Waals surface area contributed by atoms with Gasteiger partial charge in [0.1, 0.15) is 23.7 Å². The number of methoxy groups -OCH3 is 1. The number of benzene rings is 1. The molecule has 0 saturated carbocycles. The van der Waals surface area contributed by atoms with Gasteiger partial charge in [-0.15, -0.1) is 10.2 Å². The molecule has 2 atom stereocenters. The molecular weight excluding hydrogens is 496 g/mol. The minimum atomic E-state index is -4.43. The number of hydrogen-bond acceptors (Lipinski definition) is 8. The third-order valence-corrected chi connectivity index (χ3v) is 6.85. The number of rotatable bonds is 6. The van der Waals surface area contributed by atoms with E-state index in [0.717, 1.165) is 11.2 Å². The van der Waals surface area contributed by atoms with Crippen LogP contribution in [0.5, 0.6) is 5.88 Å². The first-order valence-corrected chi connectivity index (χ1v) is 11.9. The molecule has 0 unspecified atom stereocenters. The minimum absolute atomic E-state index is 0.225. The highest BCUT2D eigenvalue weighted by molar-refractivity contribution is 5.89. The Morgan fingerprint density at radius 3 is 2.76 bits per heavy atom. The van der Waals surface area contributed by atoms with E-state index < -0.39 is 24.9 Å². The molecular formula is C23H24F4N8O2. The maximum Gasteiger partial charge on any atom is 0.408 e. The summed E-state index contributed by atoms with van der Waals surface area (Å²) in [6.07, 6.45) is -3.23. The first kappa shape index (κ1) is 23.9. The molecule has 5 heterocycles. The van der Waals surface area contributed by atoms with Gasteiger partial charge < -0.3 is 14.8 Å². The van der Waals surface area contributed by atoms with Crippen LogP contribution in [0.3, 0.4) is 0 Å². The number of halogens is 4. The Hall–Kier alpha value is -3.52. The Morgan fingerprint density at radius 1 is 1.22 bits per heavy atom. The molecule has 6 rings (SSSR count). The zero-order chi connectivity index (χ0) is 25.7. The van der Waals surface area contributed by atoms with Crippen molar-refractivity contribution >= 4 is 22.5 Å². The normalized spacial score (nSPS) is 21.4. The Balaban J connectivity index is 1.28. The molecule has 0 radical (unpaired) electrons. The summed E-state index contributed by atoms with van der Waals surface area (Å²) in [5, 5.41) is 15.1. The second-order valence-corrected chi connectivity index (χ2v) is 9.27. The molecule has 196 valence electrons. The van der Waals surface area contributed by atoms with Gasteiger partial charge in [0, 0.05) is 24.8 Å². The number of alkyl halides is 4. The van der Waals surface area contributed by atoms with Crippen molar-refractivity contribution in [3.8, 4) is 17.0 Å². The van der Waals surface area contributed by atoms with E-state index in [9.17, 15) is 17.6 Å². The Morgan fingerprint density at radius 2 is 2.05 bits per heavy atom. The molecule has 1 N–H and O–H groups in total. The molecule has 2 aliphatic heterocycles. The van der Waals surface area contributed by atoms with Crippen LogP contribution in [0.1, 0.15) is 6.42 Å². The number of nitrogens with zero attached hydrogens (tertiary/aromatic N) is 7. The van der Waals surface area contributed by atoms with Crippen molar-refractivity contribution in [1.82, 2.24) is 34.5 Å². The highest BCUT2D eigenvalue weighted by Crippen LogP contribution is 2.33. The summed E-state index contributed by atoms with van der Waals surface area (Å²) in [6, 6.07) is 6.56. The van der Waals surface area contributed by atoms with Crippen molar-refractivity contribution in [2.24, 2.45) is 0 Å². The second kappa shape index (κ2) is 9.10. The van der Waals surface area contributed by atoms with Crippen molar-refractivity contribution in [2.45, 2.75) is 37.4 Å². The van der Waals surface area contributed by atoms with Crippen LogP contribution in [0.15, 0.2) is 30.5 Å². The Kier molecular flexibility index (Phi) is 5.87. The lowest BCUT2D eigenvalue weighted by atomic mass is 10.0. The summed E-state index contributed by atoms with van der Waals surface area (Å²) in [5.41, 5.74) is 2.41. The maximum absolute atomic E-state index is 14.9. The van der Waals surface area contributed by atoms with E-state index in [1.807, 2.05) is 0 Å². The largest absolute Gasteiger partial charge is 0.479 e. The van der Waals surface area contributed by atoms with Gasteiger partial charge in [0.15, 0.2) is 0 Å². The number of fused-ring (bicyclic) bond motifs is 2. The van der Waals surface area contributed by atoms with Crippen LogP contribution in [-0.4, -0.2) is 92.3 Å². The topological polar surface area (TPSA) is 94.6 Å². The summed E-state index contributed by atoms with van der Waals surface area (Å²) in [7, 11) is 1.46. The van der Waals surface area contributed by atoms with E-state index in [1.54, 1.807) is 35.0 Å². The van der Waals surface area contributed by atoms with Crippen LogP contribution in [0, 0.1) is 0 Å². The lowest BCUT2D eigenvalue weighted by molar-refractivity contribution is -0.142. The fourth-order valence-corrected chi connectivity index (χ4v) is 4.87. The van der Waals surface area contributed by atoms with Gasteiger partial charge in [-0.25, -0.2) is 13.6 Å². The van der Waals surface area contributed by atoms with Gasteiger partial charge in [0.25, 0.3) is 0 Å². The first-order valence-electron chi connectivity index (χ1n) is 11.9. The van der Waals surface area contributed by atoms with Gasteiger partial charge in [-0.3, -0.25) is 4.90 Å². The van der Waals surface area contributed by atoms with Gasteiger partial charge >= 0.3 is 6.18 Å². The molecule has 1 aromatic carbocycles. The quantitative estimate of drug-likeness (QED) is 0.388. The van der Waals surface area contributed by atoms with Gasteiger partial charge in [-0.05, 0) is 30.2 Å². The highest BCUT2D eigenvalue weighted by Gasteiger charge is 2.36. The van der Waals surface area contributed by atoms with E-state index in [1.165, 1.54) is 7.11 Å². The van der Waals surface area contributed by atoms with E-state index in [4.69, 9.17) is 9.47 Å². The van der Waals surface area contributed by atoms with Crippen LogP contribution in [0.2, 0.25) is 0 Å². The number of piperidine rings is 1. The average molecular weight is 520 g/mol. The number of anilines is 1. The molecule has 10 nitrogen and oxygen atoms in total. The minimum Gasteiger partial charge on any atom is -0.479 e. The van der Waals surface area contributed by atoms with E-state index in [-0.39, 0.29) is 23.4 Å². The zero-order valence-corrected chi connectivity index (χ0v) is 19.8. The number of nitrogens with one attached hydrogen (secondary N) is 1. The fraction of sp³-hybridized carbons (Fsp3) is 0.478. The predicted octanol–water partition coefficient (Wildman–Crippen LogP) is 2.94. The molecule has 2 saturated heterocycles. The molecule has 2 fully saturated rings. The average Bonchev–Trinajstić information content (AvgIpc) is 3.42. The van der Waals surface area contributed by atoms with Crippen molar-refractivity contribution < 1.29 is 27.0 Å². The summed E-state index contributed by atoms with van der Waals surface area (Å²) < 4.78 is 67.0. The molecule has 2 aliphatic rings. The number of aromatic nitrogens is 6. The molecule has 0 aliphatic carbocycles. The van der Waals surface area contributed by atoms with Crippen LogP contribution in [-0.2, 0) is 11.3 Å². The monoisotopic (exact) mass is 520 g/mol. The number of ether oxygens (including phenoxy) is 2. The maximum atomic E-state index is 14.9. The van der Waals surface area contributed by atoms with Crippen LogP contribution < -0.4 is 10.1 Å². The molecule has 3 aromatic heterocycles. The lowest BCUT2D eigenvalue weighted by Gasteiger charge is -2.42. The SMILES string of the molecule is COc1nc(N[C@H]2CCN(C3COC3)C[C@H]2F)nn2ccc(-c3ccc4nnn(CC(F)(F)F)c4c3)c12. The van der Waals surface area contributed by atoms with Crippen molar-refractivity contribution in [3.63, 3.8) is 0 Å². The summed E-state index contributed by atoms with van der Waals surface area (Å²) in [5.74, 6) is 0.474. The molecule has 37 heavy (non-hydrogen) atoms. The molecule has 4 aromatic rings. The highest BCUT2D eigenvalue weighted by atomic mass is 19.4. The summed E-state index contributed by atoms with van der Waals surface area (Å²) in [6.45, 7) is 1.12. The summed E-state index contributed by atoms with van der Waals surface area (Å²) in [4.78, 5) is 6.58. The van der Waals surface area contributed by atoms with Crippen LogP contribution in [0.4, 0.5) is 23.5 Å². The smallest absolute Gasteiger partial charge is 0.408 e. The molecule has 0 amide bonds. The van der Waals surface area contributed by atoms with Crippen molar-refractivity contribution in [1.29, 1.82) is 0 Å². The van der Waals surface area contributed by atoms with E-state index in [2.05, 4.69) is 30.6 Å². The van der Waals surface area contributed by atoms with Crippen LogP contribution in [0.25, 0.3) is 27.7 Å². The third kappa shape index (κ3) is 4.55. The first-order chi connectivity index (χ1) is 17.8. The number of likely N-dealkylation sites (tertiary alicyclic amines) is 1. The van der Waals surface area contributed by atoms with Crippen molar-refractivity contribution in [3.05, 3.63) is 30.5 Å².